The summed E-state index contributed by atoms with van der Waals surface area (Å²) in [4.78, 5) is 13.4. The van der Waals surface area contributed by atoms with Gasteiger partial charge in [-0.25, -0.2) is 9.93 Å². The molecule has 0 amide bonds. The van der Waals surface area contributed by atoms with Crippen LogP contribution in [0.5, 0.6) is 0 Å². The first-order valence-corrected chi connectivity index (χ1v) is 3.27. The Hall–Kier alpha value is -1.01. The molecular weight excluding hydrogens is 170 g/mol. The Morgan fingerprint density at radius 2 is 2.55 bits per heavy atom. The lowest BCUT2D eigenvalue weighted by Crippen LogP contribution is -2.28. The van der Waals surface area contributed by atoms with E-state index in [2.05, 4.69) is 25.5 Å². The van der Waals surface area contributed by atoms with E-state index in [1.807, 2.05) is 0 Å². The minimum absolute atomic E-state index is 0.102. The second-order valence-corrected chi connectivity index (χ2v) is 2.16. The lowest BCUT2D eigenvalue weighted by molar-refractivity contribution is 0.0951. The molecule has 1 rings (SSSR count). The summed E-state index contributed by atoms with van der Waals surface area (Å²) in [7, 11) is 0. The van der Waals surface area contributed by atoms with Crippen LogP contribution >= 0.6 is 11.8 Å². The molecule has 0 saturated carbocycles. The van der Waals surface area contributed by atoms with Crippen LogP contribution in [-0.4, -0.2) is 32.4 Å². The van der Waals surface area contributed by atoms with Crippen molar-refractivity contribution in [1.82, 2.24) is 25.5 Å². The Labute approximate surface area is 67.4 Å². The highest BCUT2D eigenvalue weighted by Gasteiger charge is 2.16. The van der Waals surface area contributed by atoms with Crippen LogP contribution in [0.1, 0.15) is 17.5 Å². The van der Waals surface area contributed by atoms with Crippen LogP contribution in [0.4, 0.5) is 0 Å². The number of carbonyl (C=O) groups excluding carboxylic acids is 1. The number of ketones is 1. The molecule has 7 heteroatoms. The van der Waals surface area contributed by atoms with Crippen LogP contribution in [0.25, 0.3) is 0 Å². The second kappa shape index (κ2) is 3.40. The lowest BCUT2D eigenvalue weighted by Gasteiger charge is -2.01. The van der Waals surface area contributed by atoms with Gasteiger partial charge >= 0.3 is 0 Å². The molecule has 2 N–H and O–H groups in total. The minimum Gasteiger partial charge on any atom is -0.289 e. The smallest absolute Gasteiger partial charge is 0.219 e. The molecule has 0 radical (unpaired) electrons. The Bertz CT molecular complexity index is 235. The molecule has 1 aromatic heterocycles. The van der Waals surface area contributed by atoms with Gasteiger partial charge in [-0.05, 0) is 29.1 Å². The van der Waals surface area contributed by atoms with Gasteiger partial charge in [0, 0.05) is 0 Å². The molecule has 0 fully saturated rings. The van der Waals surface area contributed by atoms with Crippen molar-refractivity contribution >= 4 is 17.6 Å². The average molecular weight is 176 g/mol. The van der Waals surface area contributed by atoms with E-state index >= 15 is 0 Å². The second-order valence-electron chi connectivity index (χ2n) is 1.94. The highest BCUT2D eigenvalue weighted by molar-refractivity contribution is 6.15. The number of hydrogen-bond acceptors (Lipinski definition) is 5. The molecular formula is C4H6ClN5O. The van der Waals surface area contributed by atoms with E-state index in [0.29, 0.717) is 0 Å². The fourth-order valence-corrected chi connectivity index (χ4v) is 0.617. The first kappa shape index (κ1) is 8.09. The van der Waals surface area contributed by atoms with E-state index in [0.717, 1.165) is 0 Å². The first-order chi connectivity index (χ1) is 5.25. The third-order valence-electron chi connectivity index (χ3n) is 1.14. The predicted octanol–water partition coefficient (Wildman–Crippen LogP) is -0.486. The Morgan fingerprint density at radius 3 is 3.00 bits per heavy atom. The predicted molar refractivity (Wildman–Crippen MR) is 37.0 cm³/mol. The normalized spacial score (nSPS) is 12.9. The standard InChI is InChI=1S/C4H6ClN5O/c1-2(6-5)3(11)4-7-9-10-8-4/h2,6H,1H3,(H,7,8,9,10)/t2-/m0/s1. The van der Waals surface area contributed by atoms with Gasteiger partial charge in [-0.1, -0.05) is 0 Å². The van der Waals surface area contributed by atoms with Crippen LogP contribution in [0.15, 0.2) is 0 Å². The summed E-state index contributed by atoms with van der Waals surface area (Å²) in [5, 5.41) is 12.2. The molecule has 0 bridgehead atoms. The zero-order valence-electron chi connectivity index (χ0n) is 5.71. The summed E-state index contributed by atoms with van der Waals surface area (Å²) in [6.07, 6.45) is 0. The average Bonchev–Trinajstić information content (AvgIpc) is 2.53. The van der Waals surface area contributed by atoms with Crippen molar-refractivity contribution in [2.75, 3.05) is 0 Å². The van der Waals surface area contributed by atoms with E-state index in [1.165, 1.54) is 0 Å². The van der Waals surface area contributed by atoms with E-state index < -0.39 is 6.04 Å². The van der Waals surface area contributed by atoms with Gasteiger partial charge in [0.2, 0.25) is 11.6 Å². The quantitative estimate of drug-likeness (QED) is 0.479. The maximum Gasteiger partial charge on any atom is 0.219 e. The van der Waals surface area contributed by atoms with Gasteiger partial charge in [-0.15, -0.1) is 5.10 Å². The molecule has 0 unspecified atom stereocenters. The molecule has 6 nitrogen and oxygen atoms in total. The Morgan fingerprint density at radius 1 is 1.82 bits per heavy atom. The van der Waals surface area contributed by atoms with Gasteiger partial charge in [0.05, 0.1) is 6.04 Å². The van der Waals surface area contributed by atoms with Crippen LogP contribution < -0.4 is 4.84 Å². The summed E-state index contributed by atoms with van der Waals surface area (Å²) < 4.78 is 0. The molecule has 0 aliphatic rings. The summed E-state index contributed by atoms with van der Waals surface area (Å²) >= 11 is 5.21. The number of nitrogens with one attached hydrogen (secondary N) is 2. The summed E-state index contributed by atoms with van der Waals surface area (Å²) in [6.45, 7) is 1.61. The molecule has 1 aromatic rings. The summed E-state index contributed by atoms with van der Waals surface area (Å²) in [5.74, 6) is -0.171. The number of aromatic nitrogens is 4. The molecule has 0 aliphatic heterocycles. The first-order valence-electron chi connectivity index (χ1n) is 2.90. The zero-order valence-corrected chi connectivity index (χ0v) is 6.46. The Kier molecular flexibility index (Phi) is 2.50. The fourth-order valence-electron chi connectivity index (χ4n) is 0.518. The van der Waals surface area contributed by atoms with Crippen molar-refractivity contribution in [3.63, 3.8) is 0 Å². The molecule has 0 aromatic carbocycles. The number of H-pyrrole nitrogens is 1. The van der Waals surface area contributed by atoms with Crippen molar-refractivity contribution < 1.29 is 4.79 Å². The zero-order chi connectivity index (χ0) is 8.27. The van der Waals surface area contributed by atoms with Gasteiger partial charge in [0.25, 0.3) is 0 Å². The maximum atomic E-state index is 11.1. The van der Waals surface area contributed by atoms with Crippen LogP contribution in [-0.2, 0) is 0 Å². The van der Waals surface area contributed by atoms with Crippen LogP contribution in [0.2, 0.25) is 0 Å². The molecule has 1 heterocycles. The molecule has 1 atom stereocenters. The van der Waals surface area contributed by atoms with Crippen LogP contribution in [0, 0.1) is 0 Å². The highest BCUT2D eigenvalue weighted by Crippen LogP contribution is 1.93. The van der Waals surface area contributed by atoms with Gasteiger partial charge < -0.3 is 0 Å². The lowest BCUT2D eigenvalue weighted by atomic mass is 10.2. The van der Waals surface area contributed by atoms with Crippen molar-refractivity contribution in [2.24, 2.45) is 0 Å². The van der Waals surface area contributed by atoms with Gasteiger partial charge in [0.1, 0.15) is 0 Å². The van der Waals surface area contributed by atoms with E-state index in [-0.39, 0.29) is 11.6 Å². The molecule has 0 saturated heterocycles. The Balaban J connectivity index is 2.70. The van der Waals surface area contributed by atoms with Crippen molar-refractivity contribution in [3.05, 3.63) is 5.82 Å². The monoisotopic (exact) mass is 175 g/mol. The third-order valence-corrected chi connectivity index (χ3v) is 1.46. The molecule has 0 aliphatic carbocycles. The number of hydrogen-bond donors (Lipinski definition) is 2. The minimum atomic E-state index is -0.494. The number of aromatic amines is 1. The number of tetrazole rings is 1. The van der Waals surface area contributed by atoms with Crippen molar-refractivity contribution in [1.29, 1.82) is 0 Å². The summed E-state index contributed by atoms with van der Waals surface area (Å²) in [5.41, 5.74) is 0. The number of carbonyl (C=O) groups is 1. The number of halogens is 1. The van der Waals surface area contributed by atoms with E-state index in [4.69, 9.17) is 11.8 Å². The SMILES string of the molecule is C[C@H](NCl)C(=O)c1nnn[nH]1. The summed E-state index contributed by atoms with van der Waals surface area (Å²) in [6, 6.07) is -0.494. The van der Waals surface area contributed by atoms with E-state index in [9.17, 15) is 4.79 Å². The van der Waals surface area contributed by atoms with E-state index in [1.54, 1.807) is 6.92 Å². The van der Waals surface area contributed by atoms with Crippen molar-refractivity contribution in [3.8, 4) is 0 Å². The third kappa shape index (κ3) is 1.72. The van der Waals surface area contributed by atoms with Gasteiger partial charge in [-0.2, -0.15) is 0 Å². The highest BCUT2D eigenvalue weighted by atomic mass is 35.5. The molecule has 60 valence electrons. The molecule has 0 spiro atoms. The van der Waals surface area contributed by atoms with Gasteiger partial charge in [0.15, 0.2) is 0 Å². The van der Waals surface area contributed by atoms with Gasteiger partial charge in [-0.3, -0.25) is 4.79 Å². The van der Waals surface area contributed by atoms with Crippen molar-refractivity contribution in [2.45, 2.75) is 13.0 Å². The number of Topliss-reactive ketones (excluding diaryl/α,β-unsaturated/α-hetero) is 1. The topological polar surface area (TPSA) is 83.6 Å². The van der Waals surface area contributed by atoms with Crippen LogP contribution in [0.3, 0.4) is 0 Å². The fraction of sp³-hybridized carbons (Fsp3) is 0.500. The number of rotatable bonds is 3. The molecule has 11 heavy (non-hydrogen) atoms. The largest absolute Gasteiger partial charge is 0.289 e. The maximum absolute atomic E-state index is 11.1. The number of nitrogens with zero attached hydrogens (tertiary/aromatic N) is 3.